The smallest absolute Gasteiger partial charge is 0.330 e. The van der Waals surface area contributed by atoms with Crippen molar-refractivity contribution in [1.82, 2.24) is 0 Å². The monoisotopic (exact) mass is 224 g/mol. The summed E-state index contributed by atoms with van der Waals surface area (Å²) >= 11 is 5.75. The van der Waals surface area contributed by atoms with Gasteiger partial charge in [0.05, 0.1) is 0 Å². The van der Waals surface area contributed by atoms with Crippen molar-refractivity contribution >= 4 is 23.6 Å². The van der Waals surface area contributed by atoms with E-state index in [2.05, 4.69) is 13.2 Å². The predicted molar refractivity (Wildman–Crippen MR) is 64.0 cm³/mol. The molecule has 0 aliphatic carbocycles. The van der Waals surface area contributed by atoms with E-state index in [-0.39, 0.29) is 5.57 Å². The van der Waals surface area contributed by atoms with Crippen molar-refractivity contribution in [2.24, 2.45) is 0 Å². The summed E-state index contributed by atoms with van der Waals surface area (Å²) in [4.78, 5) is 9.60. The normalized spacial score (nSPS) is 8.40. The van der Waals surface area contributed by atoms with Gasteiger partial charge in [-0.05, 0) is 18.6 Å². The van der Waals surface area contributed by atoms with Crippen LogP contribution in [-0.2, 0) is 4.79 Å². The van der Waals surface area contributed by atoms with Gasteiger partial charge < -0.3 is 5.11 Å². The molecule has 0 bridgehead atoms. The summed E-state index contributed by atoms with van der Waals surface area (Å²) < 4.78 is 0. The van der Waals surface area contributed by atoms with Crippen LogP contribution in [-0.4, -0.2) is 11.1 Å². The van der Waals surface area contributed by atoms with Crippen molar-refractivity contribution in [3.63, 3.8) is 0 Å². The second kappa shape index (κ2) is 6.85. The van der Waals surface area contributed by atoms with E-state index in [1.54, 1.807) is 6.08 Å². The maximum Gasteiger partial charge on any atom is 0.330 e. The maximum atomic E-state index is 9.60. The molecule has 0 saturated heterocycles. The van der Waals surface area contributed by atoms with Gasteiger partial charge in [0.2, 0.25) is 0 Å². The minimum Gasteiger partial charge on any atom is -0.478 e. The van der Waals surface area contributed by atoms with Gasteiger partial charge in [0, 0.05) is 10.6 Å². The van der Waals surface area contributed by atoms with Gasteiger partial charge in [-0.3, -0.25) is 0 Å². The number of benzene rings is 1. The lowest BCUT2D eigenvalue weighted by Gasteiger charge is -1.92. The molecule has 0 aromatic heterocycles. The summed E-state index contributed by atoms with van der Waals surface area (Å²) in [6.07, 6.45) is 1.74. The zero-order valence-corrected chi connectivity index (χ0v) is 9.29. The summed E-state index contributed by atoms with van der Waals surface area (Å²) in [5.74, 6) is -0.935. The Morgan fingerprint density at radius 2 is 1.93 bits per heavy atom. The van der Waals surface area contributed by atoms with E-state index in [9.17, 15) is 4.79 Å². The summed E-state index contributed by atoms with van der Waals surface area (Å²) in [6, 6.07) is 7.60. The lowest BCUT2D eigenvalue weighted by Crippen LogP contribution is -1.92. The van der Waals surface area contributed by atoms with E-state index >= 15 is 0 Å². The SMILES string of the molecule is C=C(C)C(=O)O.C=Cc1ccccc1Cl. The molecule has 3 heteroatoms. The van der Waals surface area contributed by atoms with Crippen molar-refractivity contribution in [2.75, 3.05) is 0 Å². The van der Waals surface area contributed by atoms with E-state index in [4.69, 9.17) is 16.7 Å². The van der Waals surface area contributed by atoms with E-state index in [1.165, 1.54) is 6.92 Å². The minimum absolute atomic E-state index is 0.176. The molecule has 1 rings (SSSR count). The van der Waals surface area contributed by atoms with Crippen LogP contribution in [0.25, 0.3) is 6.08 Å². The Bertz CT molecular complexity index is 358. The molecule has 0 amide bonds. The van der Waals surface area contributed by atoms with E-state index in [0.29, 0.717) is 0 Å². The van der Waals surface area contributed by atoms with Gasteiger partial charge in [0.25, 0.3) is 0 Å². The average Bonchev–Trinajstić information content (AvgIpc) is 2.19. The Morgan fingerprint density at radius 1 is 1.47 bits per heavy atom. The third-order valence-electron chi connectivity index (χ3n) is 1.49. The molecule has 0 fully saturated rings. The number of halogens is 1. The fourth-order valence-electron chi connectivity index (χ4n) is 0.641. The molecule has 0 heterocycles. The van der Waals surface area contributed by atoms with Crippen molar-refractivity contribution in [3.05, 3.63) is 53.6 Å². The molecular weight excluding hydrogens is 212 g/mol. The van der Waals surface area contributed by atoms with E-state index in [1.807, 2.05) is 24.3 Å². The lowest BCUT2D eigenvalue weighted by molar-refractivity contribution is -0.132. The molecule has 0 saturated carbocycles. The molecule has 15 heavy (non-hydrogen) atoms. The fraction of sp³-hybridized carbons (Fsp3) is 0.0833. The molecular formula is C12H13ClO2. The average molecular weight is 225 g/mol. The highest BCUT2D eigenvalue weighted by molar-refractivity contribution is 6.32. The third kappa shape index (κ3) is 5.70. The highest BCUT2D eigenvalue weighted by Gasteiger charge is 1.90. The van der Waals surface area contributed by atoms with E-state index in [0.717, 1.165) is 10.6 Å². The molecule has 1 N–H and O–H groups in total. The van der Waals surface area contributed by atoms with Gasteiger partial charge in [-0.15, -0.1) is 0 Å². The van der Waals surface area contributed by atoms with Crippen LogP contribution < -0.4 is 0 Å². The van der Waals surface area contributed by atoms with Crippen molar-refractivity contribution in [2.45, 2.75) is 6.92 Å². The molecule has 80 valence electrons. The van der Waals surface area contributed by atoms with Crippen LogP contribution in [0.1, 0.15) is 12.5 Å². The van der Waals surface area contributed by atoms with Gasteiger partial charge in [-0.2, -0.15) is 0 Å². The largest absolute Gasteiger partial charge is 0.478 e. The van der Waals surface area contributed by atoms with Crippen LogP contribution in [0, 0.1) is 0 Å². The van der Waals surface area contributed by atoms with Gasteiger partial charge in [-0.25, -0.2) is 4.79 Å². The zero-order valence-electron chi connectivity index (χ0n) is 8.53. The first kappa shape index (κ1) is 13.5. The number of carboxylic acids is 1. The number of carbonyl (C=O) groups is 1. The zero-order chi connectivity index (χ0) is 11.8. The summed E-state index contributed by atoms with van der Waals surface area (Å²) in [5, 5.41) is 8.65. The topological polar surface area (TPSA) is 37.3 Å². The maximum absolute atomic E-state index is 9.60. The Kier molecular flexibility index (Phi) is 6.14. The number of hydrogen-bond acceptors (Lipinski definition) is 1. The first-order valence-corrected chi connectivity index (χ1v) is 4.62. The number of carboxylic acid groups (broad SMARTS) is 1. The molecule has 1 aromatic carbocycles. The van der Waals surface area contributed by atoms with Crippen LogP contribution in [0.3, 0.4) is 0 Å². The lowest BCUT2D eigenvalue weighted by atomic mass is 10.2. The minimum atomic E-state index is -0.935. The Balaban J connectivity index is 0.000000288. The Labute approximate surface area is 94.5 Å². The molecule has 0 spiro atoms. The standard InChI is InChI=1S/C8H7Cl.C4H6O2/c1-2-7-5-3-4-6-8(7)9;1-3(2)4(5)6/h2-6H,1H2;1H2,2H3,(H,5,6). The first-order valence-electron chi connectivity index (χ1n) is 4.24. The summed E-state index contributed by atoms with van der Waals surface area (Å²) in [6.45, 7) is 8.21. The molecule has 0 atom stereocenters. The third-order valence-corrected chi connectivity index (χ3v) is 1.83. The summed E-state index contributed by atoms with van der Waals surface area (Å²) in [5.41, 5.74) is 1.16. The second-order valence-corrected chi connectivity index (χ2v) is 3.22. The van der Waals surface area contributed by atoms with E-state index < -0.39 is 5.97 Å². The van der Waals surface area contributed by atoms with Crippen LogP contribution in [0.4, 0.5) is 0 Å². The fourth-order valence-corrected chi connectivity index (χ4v) is 0.854. The first-order chi connectivity index (χ1) is 6.99. The van der Waals surface area contributed by atoms with Crippen molar-refractivity contribution < 1.29 is 9.90 Å². The van der Waals surface area contributed by atoms with Gasteiger partial charge in [0.1, 0.15) is 0 Å². The molecule has 0 aliphatic rings. The molecule has 2 nitrogen and oxygen atoms in total. The Morgan fingerprint density at radius 3 is 2.20 bits per heavy atom. The van der Waals surface area contributed by atoms with Crippen LogP contribution >= 0.6 is 11.6 Å². The van der Waals surface area contributed by atoms with Crippen LogP contribution in [0.15, 0.2) is 43.0 Å². The molecule has 0 unspecified atom stereocenters. The highest BCUT2D eigenvalue weighted by atomic mass is 35.5. The number of hydrogen-bond donors (Lipinski definition) is 1. The summed E-state index contributed by atoms with van der Waals surface area (Å²) in [7, 11) is 0. The van der Waals surface area contributed by atoms with Gasteiger partial charge in [0.15, 0.2) is 0 Å². The quantitative estimate of drug-likeness (QED) is 0.779. The Hall–Kier alpha value is -1.54. The van der Waals surface area contributed by atoms with Crippen LogP contribution in [0.2, 0.25) is 5.02 Å². The van der Waals surface area contributed by atoms with Gasteiger partial charge >= 0.3 is 5.97 Å². The molecule has 0 radical (unpaired) electrons. The predicted octanol–water partition coefficient (Wildman–Crippen LogP) is 3.63. The van der Waals surface area contributed by atoms with Crippen molar-refractivity contribution in [3.8, 4) is 0 Å². The molecule has 1 aromatic rings. The highest BCUT2D eigenvalue weighted by Crippen LogP contribution is 2.14. The number of aliphatic carboxylic acids is 1. The second-order valence-electron chi connectivity index (χ2n) is 2.81. The van der Waals surface area contributed by atoms with Gasteiger partial charge in [-0.1, -0.05) is 49.0 Å². The van der Waals surface area contributed by atoms with Crippen LogP contribution in [0.5, 0.6) is 0 Å². The molecule has 0 aliphatic heterocycles. The van der Waals surface area contributed by atoms with Crippen molar-refractivity contribution in [1.29, 1.82) is 0 Å². The number of rotatable bonds is 2.